The number of nitrogens with zero attached hydrogens (tertiary/aromatic N) is 1. The van der Waals surface area contributed by atoms with Gasteiger partial charge in [-0.05, 0) is 30.7 Å². The largest absolute Gasteiger partial charge is 0.506 e. The highest BCUT2D eigenvalue weighted by atomic mass is 32.2. The molecular weight excluding hydrogens is 264 g/mol. The van der Waals surface area contributed by atoms with Gasteiger partial charge in [-0.1, -0.05) is 18.2 Å². The third kappa shape index (κ3) is 3.03. The second-order valence-electron chi connectivity index (χ2n) is 4.23. The number of aromatic nitrogens is 1. The van der Waals surface area contributed by atoms with Crippen LogP contribution in [-0.4, -0.2) is 24.8 Å². The second-order valence-corrected chi connectivity index (χ2v) is 6.19. The first-order valence-corrected chi connectivity index (χ1v) is 7.50. The lowest BCUT2D eigenvalue weighted by Gasteiger charge is -2.11. The van der Waals surface area contributed by atoms with Crippen LogP contribution < -0.4 is 5.32 Å². The summed E-state index contributed by atoms with van der Waals surface area (Å²) in [5.74, 6) is 0.457. The Bertz CT molecular complexity index is 691. The van der Waals surface area contributed by atoms with Crippen molar-refractivity contribution in [2.24, 2.45) is 0 Å². The predicted molar refractivity (Wildman–Crippen MR) is 73.5 cm³/mol. The molecule has 0 bridgehead atoms. The Morgan fingerprint density at radius 2 is 1.84 bits per heavy atom. The number of pyridine rings is 1. The van der Waals surface area contributed by atoms with Gasteiger partial charge in [0.05, 0.1) is 5.69 Å². The molecule has 2 N–H and O–H groups in total. The molecule has 0 saturated heterocycles. The van der Waals surface area contributed by atoms with Crippen LogP contribution in [0.5, 0.6) is 5.75 Å². The molecule has 0 unspecified atom stereocenters. The van der Waals surface area contributed by atoms with Crippen LogP contribution in [0.1, 0.15) is 5.56 Å². The Balaban J connectivity index is 2.40. The summed E-state index contributed by atoms with van der Waals surface area (Å²) in [6.45, 7) is 1.84. The summed E-state index contributed by atoms with van der Waals surface area (Å²) in [5, 5.41) is 12.7. The van der Waals surface area contributed by atoms with E-state index in [1.54, 1.807) is 24.3 Å². The smallest absolute Gasteiger partial charge is 0.192 e. The predicted octanol–water partition coefficient (Wildman–Crippen LogP) is 2.24. The fraction of sp³-hybridized carbons (Fsp3) is 0.154. The molecule has 0 spiro atoms. The number of hydrogen-bond acceptors (Lipinski definition) is 5. The van der Waals surface area contributed by atoms with Crippen molar-refractivity contribution in [1.29, 1.82) is 0 Å². The van der Waals surface area contributed by atoms with E-state index < -0.39 is 9.84 Å². The van der Waals surface area contributed by atoms with Gasteiger partial charge in [0.15, 0.2) is 14.9 Å². The summed E-state index contributed by atoms with van der Waals surface area (Å²) in [6, 6.07) is 9.79. The lowest BCUT2D eigenvalue weighted by molar-refractivity contribution is 0.477. The van der Waals surface area contributed by atoms with Crippen molar-refractivity contribution in [3.8, 4) is 5.75 Å². The van der Waals surface area contributed by atoms with Crippen LogP contribution >= 0.6 is 0 Å². The highest BCUT2D eigenvalue weighted by Gasteiger charge is 2.10. The lowest BCUT2D eigenvalue weighted by atomic mass is 10.2. The Hall–Kier alpha value is -2.08. The molecule has 0 aliphatic carbocycles. The number of hydrogen-bond donors (Lipinski definition) is 2. The third-order valence-electron chi connectivity index (χ3n) is 2.61. The molecule has 1 heterocycles. The number of phenolic OH excluding ortho intramolecular Hbond substituents is 1. The molecule has 0 radical (unpaired) electrons. The molecule has 1 aromatic carbocycles. The maximum atomic E-state index is 11.4. The number of nitrogens with one attached hydrogen (secondary N) is 1. The van der Waals surface area contributed by atoms with Crippen molar-refractivity contribution in [3.05, 3.63) is 42.0 Å². The number of para-hydroxylation sites is 1. The first-order chi connectivity index (χ1) is 8.88. The molecule has 100 valence electrons. The average molecular weight is 278 g/mol. The molecule has 2 rings (SSSR count). The standard InChI is InChI=1S/C13H14N2O3S/c1-9-5-3-6-10(16)13(9)15-11-7-4-8-12(14-11)19(2,17)18/h3-8,16H,1-2H3,(H,14,15). The van der Waals surface area contributed by atoms with E-state index in [0.29, 0.717) is 11.5 Å². The van der Waals surface area contributed by atoms with E-state index in [-0.39, 0.29) is 10.8 Å². The quantitative estimate of drug-likeness (QED) is 0.842. The van der Waals surface area contributed by atoms with Crippen molar-refractivity contribution in [2.45, 2.75) is 11.9 Å². The highest BCUT2D eigenvalue weighted by molar-refractivity contribution is 7.90. The number of anilines is 2. The van der Waals surface area contributed by atoms with E-state index in [0.717, 1.165) is 11.8 Å². The van der Waals surface area contributed by atoms with Crippen molar-refractivity contribution >= 4 is 21.3 Å². The average Bonchev–Trinajstić information content (AvgIpc) is 2.33. The first kappa shape index (κ1) is 13.4. The van der Waals surface area contributed by atoms with Crippen molar-refractivity contribution in [3.63, 3.8) is 0 Å². The second kappa shape index (κ2) is 4.89. The SMILES string of the molecule is Cc1cccc(O)c1Nc1cccc(S(C)(=O)=O)n1. The molecule has 2 aromatic rings. The molecule has 1 aromatic heterocycles. The summed E-state index contributed by atoms with van der Waals surface area (Å²) in [5.41, 5.74) is 1.35. The van der Waals surface area contributed by atoms with Crippen LogP contribution in [0.3, 0.4) is 0 Å². The fourth-order valence-corrected chi connectivity index (χ4v) is 2.22. The van der Waals surface area contributed by atoms with Crippen LogP contribution in [0.4, 0.5) is 11.5 Å². The summed E-state index contributed by atoms with van der Waals surface area (Å²) in [6.07, 6.45) is 1.10. The molecule has 19 heavy (non-hydrogen) atoms. The maximum Gasteiger partial charge on any atom is 0.192 e. The molecule has 0 aliphatic heterocycles. The number of aryl methyl sites for hydroxylation is 1. The third-order valence-corrected chi connectivity index (χ3v) is 3.59. The van der Waals surface area contributed by atoms with Crippen LogP contribution in [0.2, 0.25) is 0 Å². The Kier molecular flexibility index (Phi) is 3.44. The van der Waals surface area contributed by atoms with Gasteiger partial charge in [-0.25, -0.2) is 13.4 Å². The monoisotopic (exact) mass is 278 g/mol. The topological polar surface area (TPSA) is 79.3 Å². The van der Waals surface area contributed by atoms with Gasteiger partial charge in [-0.3, -0.25) is 0 Å². The Morgan fingerprint density at radius 1 is 1.16 bits per heavy atom. The van der Waals surface area contributed by atoms with Gasteiger partial charge < -0.3 is 10.4 Å². The van der Waals surface area contributed by atoms with Crippen LogP contribution in [-0.2, 0) is 9.84 Å². The zero-order valence-corrected chi connectivity index (χ0v) is 11.4. The molecule has 0 fully saturated rings. The zero-order valence-electron chi connectivity index (χ0n) is 10.6. The molecular formula is C13H14N2O3S. The highest BCUT2D eigenvalue weighted by Crippen LogP contribution is 2.29. The van der Waals surface area contributed by atoms with Gasteiger partial charge in [0.2, 0.25) is 0 Å². The minimum atomic E-state index is -3.35. The van der Waals surface area contributed by atoms with Crippen LogP contribution in [0, 0.1) is 6.92 Å². The summed E-state index contributed by atoms with van der Waals surface area (Å²) in [4.78, 5) is 4.01. The van der Waals surface area contributed by atoms with E-state index in [9.17, 15) is 13.5 Å². The number of phenols is 1. The maximum absolute atomic E-state index is 11.4. The van der Waals surface area contributed by atoms with E-state index >= 15 is 0 Å². The number of benzene rings is 1. The molecule has 0 aliphatic rings. The van der Waals surface area contributed by atoms with E-state index in [1.807, 2.05) is 13.0 Å². The van der Waals surface area contributed by atoms with Crippen LogP contribution in [0.25, 0.3) is 0 Å². The number of sulfone groups is 1. The fourth-order valence-electron chi connectivity index (χ4n) is 1.63. The van der Waals surface area contributed by atoms with Gasteiger partial charge in [0.1, 0.15) is 11.6 Å². The number of aromatic hydroxyl groups is 1. The summed E-state index contributed by atoms with van der Waals surface area (Å²) >= 11 is 0. The van der Waals surface area contributed by atoms with Crippen LogP contribution in [0.15, 0.2) is 41.4 Å². The molecule has 0 amide bonds. The molecule has 0 saturated carbocycles. The van der Waals surface area contributed by atoms with Gasteiger partial charge in [-0.15, -0.1) is 0 Å². The Labute approximate surface area is 111 Å². The normalized spacial score (nSPS) is 11.3. The minimum Gasteiger partial charge on any atom is -0.506 e. The van der Waals surface area contributed by atoms with E-state index in [4.69, 9.17) is 0 Å². The summed E-state index contributed by atoms with van der Waals surface area (Å²) < 4.78 is 22.9. The summed E-state index contributed by atoms with van der Waals surface area (Å²) in [7, 11) is -3.35. The van der Waals surface area contributed by atoms with Gasteiger partial charge >= 0.3 is 0 Å². The van der Waals surface area contributed by atoms with Gasteiger partial charge in [0.25, 0.3) is 0 Å². The van der Waals surface area contributed by atoms with E-state index in [2.05, 4.69) is 10.3 Å². The first-order valence-electron chi connectivity index (χ1n) is 5.60. The number of rotatable bonds is 3. The molecule has 0 atom stereocenters. The van der Waals surface area contributed by atoms with Crippen molar-refractivity contribution in [1.82, 2.24) is 4.98 Å². The lowest BCUT2D eigenvalue weighted by Crippen LogP contribution is -2.03. The van der Waals surface area contributed by atoms with Crippen molar-refractivity contribution in [2.75, 3.05) is 11.6 Å². The Morgan fingerprint density at radius 3 is 2.47 bits per heavy atom. The minimum absolute atomic E-state index is 0.00873. The van der Waals surface area contributed by atoms with Crippen molar-refractivity contribution < 1.29 is 13.5 Å². The molecule has 6 heteroatoms. The van der Waals surface area contributed by atoms with Gasteiger partial charge in [0, 0.05) is 6.26 Å². The van der Waals surface area contributed by atoms with Gasteiger partial charge in [-0.2, -0.15) is 0 Å². The zero-order chi connectivity index (χ0) is 14.0. The van der Waals surface area contributed by atoms with E-state index in [1.165, 1.54) is 6.07 Å². The molecule has 5 nitrogen and oxygen atoms in total.